The summed E-state index contributed by atoms with van der Waals surface area (Å²) in [6.07, 6.45) is 1.09. The normalized spacial score (nSPS) is 17.9. The number of carbonyl (C=O) groups is 2. The number of aryl methyl sites for hydroxylation is 2. The molecule has 1 saturated heterocycles. The van der Waals surface area contributed by atoms with E-state index in [2.05, 4.69) is 4.99 Å². The topological polar surface area (TPSA) is 98.0 Å². The fraction of sp³-hybridized carbons (Fsp3) is 0.409. The summed E-state index contributed by atoms with van der Waals surface area (Å²) in [6.45, 7) is 4.26. The van der Waals surface area contributed by atoms with Gasteiger partial charge in [-0.15, -0.1) is 11.3 Å². The summed E-state index contributed by atoms with van der Waals surface area (Å²) in [5.41, 5.74) is 2.86. The van der Waals surface area contributed by atoms with Crippen LogP contribution in [0.3, 0.4) is 0 Å². The molecule has 0 spiro atoms. The first-order valence-electron chi connectivity index (χ1n) is 10.6. The Bertz CT molecular complexity index is 1440. The maximum absolute atomic E-state index is 13.2. The first-order chi connectivity index (χ1) is 16.1. The maximum Gasteiger partial charge on any atom is 0.325 e. The molecule has 1 atom stereocenters. The van der Waals surface area contributed by atoms with E-state index in [1.54, 1.807) is 10.6 Å². The quantitative estimate of drug-likeness (QED) is 0.458. The summed E-state index contributed by atoms with van der Waals surface area (Å²) in [4.78, 5) is 30.0. The Morgan fingerprint density at radius 1 is 1.24 bits per heavy atom. The van der Waals surface area contributed by atoms with Crippen LogP contribution in [0, 0.1) is 19.8 Å². The number of fused-ring (bicyclic) bond motifs is 1. The lowest BCUT2D eigenvalue weighted by Crippen LogP contribution is -2.42. The van der Waals surface area contributed by atoms with Gasteiger partial charge in [0.05, 0.1) is 27.6 Å². The van der Waals surface area contributed by atoms with Crippen molar-refractivity contribution < 1.29 is 22.7 Å². The second kappa shape index (κ2) is 9.90. The van der Waals surface area contributed by atoms with Crippen LogP contribution in [-0.2, 0) is 30.9 Å². The lowest BCUT2D eigenvalue weighted by molar-refractivity contribution is -0.141. The Balaban J connectivity index is 1.68. The molecule has 12 heteroatoms. The third-order valence-electron chi connectivity index (χ3n) is 5.71. The van der Waals surface area contributed by atoms with Crippen molar-refractivity contribution in [3.05, 3.63) is 44.5 Å². The van der Waals surface area contributed by atoms with Gasteiger partial charge in [-0.25, -0.2) is 8.42 Å². The van der Waals surface area contributed by atoms with Crippen LogP contribution in [0.15, 0.2) is 33.5 Å². The lowest BCUT2D eigenvalue weighted by Gasteiger charge is -2.29. The molecule has 0 aliphatic carbocycles. The van der Waals surface area contributed by atoms with E-state index in [0.717, 1.165) is 32.7 Å². The first-order valence-corrected chi connectivity index (χ1v) is 14.1. The van der Waals surface area contributed by atoms with E-state index in [1.807, 2.05) is 26.0 Å². The van der Waals surface area contributed by atoms with Gasteiger partial charge in [0.25, 0.3) is 15.9 Å². The van der Waals surface area contributed by atoms with Crippen molar-refractivity contribution in [2.75, 3.05) is 20.2 Å². The summed E-state index contributed by atoms with van der Waals surface area (Å²) >= 11 is 8.25. The zero-order chi connectivity index (χ0) is 24.6. The van der Waals surface area contributed by atoms with Crippen molar-refractivity contribution in [2.45, 2.75) is 37.4 Å². The largest absolute Gasteiger partial charge is 0.468 e. The van der Waals surface area contributed by atoms with Crippen LogP contribution in [0.25, 0.3) is 10.2 Å². The van der Waals surface area contributed by atoms with Gasteiger partial charge in [0.1, 0.15) is 10.8 Å². The van der Waals surface area contributed by atoms with Crippen LogP contribution in [0.2, 0.25) is 4.34 Å². The van der Waals surface area contributed by atoms with E-state index in [1.165, 1.54) is 28.8 Å². The summed E-state index contributed by atoms with van der Waals surface area (Å²) < 4.78 is 35.4. The van der Waals surface area contributed by atoms with Crippen molar-refractivity contribution in [1.29, 1.82) is 0 Å². The minimum atomic E-state index is -3.73. The van der Waals surface area contributed by atoms with Crippen LogP contribution in [0.5, 0.6) is 0 Å². The van der Waals surface area contributed by atoms with E-state index in [9.17, 15) is 18.0 Å². The molecular formula is C22H24ClN3O5S3. The predicted octanol–water partition coefficient (Wildman–Crippen LogP) is 3.74. The second-order valence-corrected chi connectivity index (χ2v) is 13.0. The molecule has 1 aromatic carbocycles. The number of thiazole rings is 1. The molecule has 0 radical (unpaired) electrons. The number of hydrogen-bond donors (Lipinski definition) is 0. The van der Waals surface area contributed by atoms with Crippen molar-refractivity contribution in [1.82, 2.24) is 8.87 Å². The van der Waals surface area contributed by atoms with Gasteiger partial charge in [0.2, 0.25) is 0 Å². The number of esters is 1. The monoisotopic (exact) mass is 541 g/mol. The van der Waals surface area contributed by atoms with Gasteiger partial charge in [-0.2, -0.15) is 9.30 Å². The van der Waals surface area contributed by atoms with Crippen LogP contribution in [0.4, 0.5) is 0 Å². The predicted molar refractivity (Wildman–Crippen MR) is 133 cm³/mol. The Kier molecular flexibility index (Phi) is 7.30. The third kappa shape index (κ3) is 4.99. The maximum atomic E-state index is 13.2. The molecule has 1 fully saturated rings. The first kappa shape index (κ1) is 25.1. The summed E-state index contributed by atoms with van der Waals surface area (Å²) in [5.74, 6) is -1.42. The van der Waals surface area contributed by atoms with Crippen molar-refractivity contribution >= 4 is 66.4 Å². The molecule has 1 aliphatic heterocycles. The van der Waals surface area contributed by atoms with Gasteiger partial charge in [-0.1, -0.05) is 29.0 Å². The molecule has 3 heterocycles. The van der Waals surface area contributed by atoms with E-state index in [-0.39, 0.29) is 17.3 Å². The molecule has 4 rings (SSSR count). The number of amides is 1. The Morgan fingerprint density at radius 3 is 2.68 bits per heavy atom. The SMILES string of the molecule is COC(=O)Cn1c(=NC(=O)C2CCCN(S(=O)(=O)c3ccc(Cl)s3)C2)sc2c(C)cc(C)cc21. The number of thiophene rings is 1. The van der Waals surface area contributed by atoms with E-state index in [0.29, 0.717) is 28.5 Å². The number of carbonyl (C=O) groups excluding carboxylic acids is 2. The number of benzene rings is 1. The van der Waals surface area contributed by atoms with Crippen molar-refractivity contribution in [2.24, 2.45) is 10.9 Å². The highest BCUT2D eigenvalue weighted by molar-refractivity contribution is 7.91. The number of hydrogen-bond acceptors (Lipinski definition) is 7. The number of halogens is 1. The molecule has 1 unspecified atom stereocenters. The number of aromatic nitrogens is 1. The van der Waals surface area contributed by atoms with E-state index in [4.69, 9.17) is 16.3 Å². The molecule has 2 aromatic heterocycles. The Labute approximate surface area is 210 Å². The summed E-state index contributed by atoms with van der Waals surface area (Å²) in [6, 6.07) is 7.02. The minimum Gasteiger partial charge on any atom is -0.468 e. The number of methoxy groups -OCH3 is 1. The fourth-order valence-corrected chi connectivity index (χ4v) is 8.30. The zero-order valence-electron chi connectivity index (χ0n) is 18.9. The molecule has 182 valence electrons. The molecular weight excluding hydrogens is 518 g/mol. The molecule has 3 aromatic rings. The number of nitrogens with zero attached hydrogens (tertiary/aromatic N) is 3. The van der Waals surface area contributed by atoms with Gasteiger partial charge in [-0.05, 0) is 56.0 Å². The molecule has 1 aliphatic rings. The zero-order valence-corrected chi connectivity index (χ0v) is 22.1. The number of piperidine rings is 1. The van der Waals surface area contributed by atoms with Gasteiger partial charge >= 0.3 is 5.97 Å². The Hall–Kier alpha value is -2.05. The van der Waals surface area contributed by atoms with Gasteiger partial charge in [0, 0.05) is 13.1 Å². The average Bonchev–Trinajstić information content (AvgIpc) is 3.38. The van der Waals surface area contributed by atoms with E-state index >= 15 is 0 Å². The van der Waals surface area contributed by atoms with Crippen LogP contribution < -0.4 is 4.80 Å². The van der Waals surface area contributed by atoms with Crippen molar-refractivity contribution in [3.63, 3.8) is 0 Å². The molecule has 1 amide bonds. The van der Waals surface area contributed by atoms with Crippen LogP contribution >= 0.6 is 34.3 Å². The molecule has 0 saturated carbocycles. The molecule has 0 bridgehead atoms. The smallest absolute Gasteiger partial charge is 0.325 e. The highest BCUT2D eigenvalue weighted by Crippen LogP contribution is 2.31. The third-order valence-corrected chi connectivity index (χ3v) is 10.5. The van der Waals surface area contributed by atoms with Gasteiger partial charge in [-0.3, -0.25) is 9.59 Å². The number of ether oxygens (including phenoxy) is 1. The summed E-state index contributed by atoms with van der Waals surface area (Å²) in [5, 5.41) is 0. The molecule has 34 heavy (non-hydrogen) atoms. The van der Waals surface area contributed by atoms with Crippen molar-refractivity contribution in [3.8, 4) is 0 Å². The van der Waals surface area contributed by atoms with E-state index < -0.39 is 27.8 Å². The number of sulfonamides is 1. The van der Waals surface area contributed by atoms with Crippen LogP contribution in [0.1, 0.15) is 24.0 Å². The van der Waals surface area contributed by atoms with Gasteiger partial charge in [0.15, 0.2) is 4.80 Å². The highest BCUT2D eigenvalue weighted by Gasteiger charge is 2.34. The fourth-order valence-electron chi connectivity index (χ4n) is 4.06. The lowest BCUT2D eigenvalue weighted by atomic mass is 9.99. The summed E-state index contributed by atoms with van der Waals surface area (Å²) in [7, 11) is -2.42. The standard InChI is InChI=1S/C22H24ClN3O5S3/c1-13-9-14(2)20-16(10-13)26(12-18(27)31-3)22(33-20)24-21(28)15-5-4-8-25(11-15)34(29,30)19-7-6-17(23)32-19/h6-7,9-10,15H,4-5,8,11-12H2,1-3H3. The molecule has 8 nitrogen and oxygen atoms in total. The van der Waals surface area contributed by atoms with Gasteiger partial charge < -0.3 is 9.30 Å². The number of rotatable bonds is 5. The second-order valence-electron chi connectivity index (χ2n) is 8.19. The Morgan fingerprint density at radius 2 is 2.00 bits per heavy atom. The average molecular weight is 542 g/mol. The highest BCUT2D eigenvalue weighted by atomic mass is 35.5. The minimum absolute atomic E-state index is 0.0558. The molecule has 0 N–H and O–H groups in total. The van der Waals surface area contributed by atoms with Crippen LogP contribution in [-0.4, -0.2) is 49.4 Å².